The second-order valence-corrected chi connectivity index (χ2v) is 5.17. The van der Waals surface area contributed by atoms with Gasteiger partial charge in [-0.1, -0.05) is 19.1 Å². The minimum Gasteiger partial charge on any atom is -0.490 e. The molecule has 1 aromatic rings. The van der Waals surface area contributed by atoms with Crippen molar-refractivity contribution in [1.82, 2.24) is 5.32 Å². The van der Waals surface area contributed by atoms with Crippen LogP contribution in [0, 0.1) is 0 Å². The predicted molar refractivity (Wildman–Crippen MR) is 79.5 cm³/mol. The number of hydrogen-bond acceptors (Lipinski definition) is 4. The standard InChI is InChI=1S/C16H25NO3/c1-3-10-19-15-6-4-5-7-16(15)20-14(12-18-2)11-17-13-8-9-13/h4-7,13-14,17H,3,8-12H2,1-2H3. The summed E-state index contributed by atoms with van der Waals surface area (Å²) in [5.74, 6) is 1.60. The molecular weight excluding hydrogens is 254 g/mol. The van der Waals surface area contributed by atoms with Crippen LogP contribution >= 0.6 is 0 Å². The van der Waals surface area contributed by atoms with Gasteiger partial charge >= 0.3 is 0 Å². The van der Waals surface area contributed by atoms with Crippen molar-refractivity contribution in [1.29, 1.82) is 0 Å². The van der Waals surface area contributed by atoms with Crippen molar-refractivity contribution < 1.29 is 14.2 Å². The van der Waals surface area contributed by atoms with Gasteiger partial charge in [0.15, 0.2) is 11.5 Å². The number of rotatable bonds is 10. The van der Waals surface area contributed by atoms with E-state index >= 15 is 0 Å². The van der Waals surface area contributed by atoms with E-state index in [4.69, 9.17) is 14.2 Å². The molecule has 1 fully saturated rings. The van der Waals surface area contributed by atoms with E-state index in [1.165, 1.54) is 12.8 Å². The molecule has 0 bridgehead atoms. The molecule has 0 heterocycles. The lowest BCUT2D eigenvalue weighted by atomic mass is 10.3. The summed E-state index contributed by atoms with van der Waals surface area (Å²) >= 11 is 0. The fourth-order valence-corrected chi connectivity index (χ4v) is 1.96. The molecule has 4 heteroatoms. The second kappa shape index (κ2) is 8.12. The summed E-state index contributed by atoms with van der Waals surface area (Å²) in [5.41, 5.74) is 0. The topological polar surface area (TPSA) is 39.7 Å². The van der Waals surface area contributed by atoms with E-state index < -0.39 is 0 Å². The molecule has 1 N–H and O–H groups in total. The van der Waals surface area contributed by atoms with E-state index in [2.05, 4.69) is 12.2 Å². The number of nitrogens with one attached hydrogen (secondary N) is 1. The highest BCUT2D eigenvalue weighted by Gasteiger charge is 2.23. The van der Waals surface area contributed by atoms with Gasteiger partial charge in [0, 0.05) is 19.7 Å². The molecule has 0 spiro atoms. The molecular formula is C16H25NO3. The molecule has 1 aliphatic rings. The quantitative estimate of drug-likeness (QED) is 0.714. The van der Waals surface area contributed by atoms with Crippen LogP contribution in [0.3, 0.4) is 0 Å². The summed E-state index contributed by atoms with van der Waals surface area (Å²) in [7, 11) is 1.70. The first-order valence-corrected chi connectivity index (χ1v) is 7.44. The highest BCUT2D eigenvalue weighted by molar-refractivity contribution is 5.39. The molecule has 1 atom stereocenters. The molecule has 4 nitrogen and oxygen atoms in total. The van der Waals surface area contributed by atoms with Gasteiger partial charge in [0.1, 0.15) is 6.10 Å². The van der Waals surface area contributed by atoms with Gasteiger partial charge in [-0.05, 0) is 31.4 Å². The minimum atomic E-state index is 0.00646. The van der Waals surface area contributed by atoms with E-state index in [-0.39, 0.29) is 6.10 Å². The van der Waals surface area contributed by atoms with E-state index in [9.17, 15) is 0 Å². The Hall–Kier alpha value is -1.26. The van der Waals surface area contributed by atoms with Crippen molar-refractivity contribution in [2.75, 3.05) is 26.9 Å². The molecule has 1 unspecified atom stereocenters. The Balaban J connectivity index is 1.92. The predicted octanol–water partition coefficient (Wildman–Crippen LogP) is 2.62. The smallest absolute Gasteiger partial charge is 0.161 e. The van der Waals surface area contributed by atoms with Crippen LogP contribution in [0.2, 0.25) is 0 Å². The van der Waals surface area contributed by atoms with E-state index in [0.29, 0.717) is 19.3 Å². The molecule has 0 amide bonds. The van der Waals surface area contributed by atoms with Gasteiger partial charge in [0.2, 0.25) is 0 Å². The highest BCUT2D eigenvalue weighted by atomic mass is 16.5. The molecule has 0 saturated heterocycles. The summed E-state index contributed by atoms with van der Waals surface area (Å²) in [6.45, 7) is 4.18. The van der Waals surface area contributed by atoms with Crippen molar-refractivity contribution >= 4 is 0 Å². The number of hydrogen-bond donors (Lipinski definition) is 1. The zero-order valence-corrected chi connectivity index (χ0v) is 12.4. The normalized spacial score (nSPS) is 15.9. The fraction of sp³-hybridized carbons (Fsp3) is 0.625. The van der Waals surface area contributed by atoms with Crippen molar-refractivity contribution in [3.05, 3.63) is 24.3 Å². The Morgan fingerprint density at radius 1 is 1.25 bits per heavy atom. The van der Waals surface area contributed by atoms with Crippen LogP contribution in [-0.2, 0) is 4.74 Å². The molecule has 112 valence electrons. The van der Waals surface area contributed by atoms with Gasteiger partial charge in [-0.3, -0.25) is 0 Å². The maximum absolute atomic E-state index is 6.05. The lowest BCUT2D eigenvalue weighted by Gasteiger charge is -2.20. The Morgan fingerprint density at radius 3 is 2.65 bits per heavy atom. The second-order valence-electron chi connectivity index (χ2n) is 5.17. The maximum atomic E-state index is 6.05. The third-order valence-electron chi connectivity index (χ3n) is 3.17. The first kappa shape index (κ1) is 15.1. The van der Waals surface area contributed by atoms with Crippen molar-refractivity contribution in [2.24, 2.45) is 0 Å². The van der Waals surface area contributed by atoms with Crippen molar-refractivity contribution in [3.8, 4) is 11.5 Å². The molecule has 0 aromatic heterocycles. The summed E-state index contributed by atoms with van der Waals surface area (Å²) in [6, 6.07) is 8.50. The Bertz CT molecular complexity index is 393. The monoisotopic (exact) mass is 279 g/mol. The highest BCUT2D eigenvalue weighted by Crippen LogP contribution is 2.27. The van der Waals surface area contributed by atoms with Crippen LogP contribution in [0.15, 0.2) is 24.3 Å². The maximum Gasteiger partial charge on any atom is 0.161 e. The first-order chi connectivity index (χ1) is 9.83. The van der Waals surface area contributed by atoms with Gasteiger partial charge < -0.3 is 19.5 Å². The summed E-state index contributed by atoms with van der Waals surface area (Å²) in [4.78, 5) is 0. The van der Waals surface area contributed by atoms with Crippen molar-refractivity contribution in [2.45, 2.75) is 38.3 Å². The number of para-hydroxylation sites is 2. The average Bonchev–Trinajstić information content (AvgIpc) is 3.28. The van der Waals surface area contributed by atoms with Gasteiger partial charge in [-0.25, -0.2) is 0 Å². The lowest BCUT2D eigenvalue weighted by Crippen LogP contribution is -2.36. The first-order valence-electron chi connectivity index (χ1n) is 7.44. The molecule has 1 aromatic carbocycles. The summed E-state index contributed by atoms with van der Waals surface area (Å²) in [5, 5.41) is 3.48. The van der Waals surface area contributed by atoms with Crippen LogP contribution in [0.5, 0.6) is 11.5 Å². The zero-order chi connectivity index (χ0) is 14.2. The van der Waals surface area contributed by atoms with E-state index in [1.54, 1.807) is 7.11 Å². The van der Waals surface area contributed by atoms with Crippen LogP contribution in [0.4, 0.5) is 0 Å². The molecule has 1 saturated carbocycles. The average molecular weight is 279 g/mol. The van der Waals surface area contributed by atoms with Crippen LogP contribution in [0.1, 0.15) is 26.2 Å². The molecule has 20 heavy (non-hydrogen) atoms. The molecule has 0 aliphatic heterocycles. The van der Waals surface area contributed by atoms with Crippen LogP contribution in [0.25, 0.3) is 0 Å². The third kappa shape index (κ3) is 5.02. The number of ether oxygens (including phenoxy) is 3. The van der Waals surface area contributed by atoms with E-state index in [0.717, 1.165) is 24.5 Å². The molecule has 1 aliphatic carbocycles. The number of benzene rings is 1. The van der Waals surface area contributed by atoms with Crippen molar-refractivity contribution in [3.63, 3.8) is 0 Å². The number of methoxy groups -OCH3 is 1. The minimum absolute atomic E-state index is 0.00646. The molecule has 2 rings (SSSR count). The Kier molecular flexibility index (Phi) is 6.15. The van der Waals surface area contributed by atoms with Gasteiger partial charge in [-0.2, -0.15) is 0 Å². The lowest BCUT2D eigenvalue weighted by molar-refractivity contribution is 0.0777. The molecule has 0 radical (unpaired) electrons. The van der Waals surface area contributed by atoms with Gasteiger partial charge in [-0.15, -0.1) is 0 Å². The zero-order valence-electron chi connectivity index (χ0n) is 12.4. The Morgan fingerprint density at radius 2 is 2.00 bits per heavy atom. The van der Waals surface area contributed by atoms with Crippen LogP contribution < -0.4 is 14.8 Å². The Labute approximate surface area is 121 Å². The van der Waals surface area contributed by atoms with Crippen LogP contribution in [-0.4, -0.2) is 39.0 Å². The summed E-state index contributed by atoms with van der Waals surface area (Å²) in [6.07, 6.45) is 3.54. The van der Waals surface area contributed by atoms with E-state index in [1.807, 2.05) is 24.3 Å². The third-order valence-corrected chi connectivity index (χ3v) is 3.17. The van der Waals surface area contributed by atoms with Gasteiger partial charge in [0.05, 0.1) is 13.2 Å². The fourth-order valence-electron chi connectivity index (χ4n) is 1.96. The summed E-state index contributed by atoms with van der Waals surface area (Å²) < 4.78 is 17.0. The SMILES string of the molecule is CCCOc1ccccc1OC(CNC1CC1)COC. The van der Waals surface area contributed by atoms with Gasteiger partial charge in [0.25, 0.3) is 0 Å². The largest absolute Gasteiger partial charge is 0.490 e.